The number of β-amino-alcohol motifs (C(OH)–C–C–N with tert-alkyl or cyclic N) is 1. The summed E-state index contributed by atoms with van der Waals surface area (Å²) in [5, 5.41) is 28.0. The van der Waals surface area contributed by atoms with Gasteiger partial charge in [-0.1, -0.05) is 6.42 Å². The van der Waals surface area contributed by atoms with Gasteiger partial charge in [-0.25, -0.2) is 4.79 Å². The summed E-state index contributed by atoms with van der Waals surface area (Å²) in [7, 11) is 0. The maximum atomic E-state index is 11.1. The van der Waals surface area contributed by atoms with Crippen molar-refractivity contribution < 1.29 is 24.9 Å². The average molecular weight is 245 g/mol. The minimum absolute atomic E-state index is 0.129. The van der Waals surface area contributed by atoms with Crippen molar-refractivity contribution in [1.82, 2.24) is 4.90 Å². The van der Waals surface area contributed by atoms with Crippen LogP contribution in [0.2, 0.25) is 0 Å². The van der Waals surface area contributed by atoms with Gasteiger partial charge in [-0.2, -0.15) is 0 Å². The fourth-order valence-corrected chi connectivity index (χ4v) is 2.05. The first-order valence-electron chi connectivity index (χ1n) is 5.79. The van der Waals surface area contributed by atoms with Gasteiger partial charge < -0.3 is 15.3 Å². The summed E-state index contributed by atoms with van der Waals surface area (Å²) >= 11 is 0. The lowest BCUT2D eigenvalue weighted by atomic mass is 9.87. The highest BCUT2D eigenvalue weighted by Gasteiger charge is 2.46. The van der Waals surface area contributed by atoms with Crippen LogP contribution in [0.25, 0.3) is 0 Å². The van der Waals surface area contributed by atoms with Crippen molar-refractivity contribution >= 4 is 11.9 Å². The van der Waals surface area contributed by atoms with Gasteiger partial charge in [-0.15, -0.1) is 0 Å². The lowest BCUT2D eigenvalue weighted by Gasteiger charge is -2.35. The van der Waals surface area contributed by atoms with Crippen LogP contribution in [0.3, 0.4) is 0 Å². The third-order valence-corrected chi connectivity index (χ3v) is 3.37. The van der Waals surface area contributed by atoms with Crippen molar-refractivity contribution in [2.45, 2.75) is 31.8 Å². The Kier molecular flexibility index (Phi) is 4.47. The molecule has 0 radical (unpaired) electrons. The first kappa shape index (κ1) is 13.9. The van der Waals surface area contributed by atoms with E-state index < -0.39 is 23.5 Å². The molecule has 1 saturated heterocycles. The minimum atomic E-state index is -2.22. The van der Waals surface area contributed by atoms with E-state index in [-0.39, 0.29) is 6.54 Å². The first-order valence-corrected chi connectivity index (χ1v) is 5.79. The molecule has 0 amide bonds. The average Bonchev–Trinajstić information content (AvgIpc) is 2.28. The normalized spacial score (nSPS) is 22.7. The summed E-state index contributed by atoms with van der Waals surface area (Å²) in [5.41, 5.74) is -2.22. The molecule has 1 fully saturated rings. The number of carboxylic acid groups (broad SMARTS) is 2. The van der Waals surface area contributed by atoms with E-state index in [1.54, 1.807) is 0 Å². The number of likely N-dealkylation sites (tertiary alicyclic amines) is 1. The Hall–Kier alpha value is -1.14. The second kappa shape index (κ2) is 5.46. The van der Waals surface area contributed by atoms with Crippen LogP contribution < -0.4 is 0 Å². The highest BCUT2D eigenvalue weighted by molar-refractivity contribution is 5.85. The van der Waals surface area contributed by atoms with Gasteiger partial charge in [-0.3, -0.25) is 9.69 Å². The van der Waals surface area contributed by atoms with Gasteiger partial charge >= 0.3 is 11.9 Å². The van der Waals surface area contributed by atoms with Crippen molar-refractivity contribution in [2.75, 3.05) is 19.6 Å². The second-order valence-corrected chi connectivity index (χ2v) is 4.63. The molecule has 6 heteroatoms. The van der Waals surface area contributed by atoms with Crippen LogP contribution in [-0.2, 0) is 9.59 Å². The monoisotopic (exact) mass is 245 g/mol. The minimum Gasteiger partial charge on any atom is -0.481 e. The summed E-state index contributed by atoms with van der Waals surface area (Å²) < 4.78 is 0. The van der Waals surface area contributed by atoms with E-state index in [4.69, 9.17) is 10.2 Å². The topological polar surface area (TPSA) is 98.1 Å². The molecule has 0 aromatic carbocycles. The predicted molar refractivity (Wildman–Crippen MR) is 59.7 cm³/mol. The molecule has 0 spiro atoms. The maximum absolute atomic E-state index is 11.1. The number of hydrogen-bond donors (Lipinski definition) is 3. The van der Waals surface area contributed by atoms with E-state index in [1.807, 2.05) is 4.90 Å². The Morgan fingerprint density at radius 3 is 2.18 bits per heavy atom. The van der Waals surface area contributed by atoms with Crippen LogP contribution in [0.4, 0.5) is 0 Å². The van der Waals surface area contributed by atoms with E-state index in [2.05, 4.69) is 0 Å². The molecule has 0 aromatic rings. The van der Waals surface area contributed by atoms with E-state index in [1.165, 1.54) is 6.92 Å². The van der Waals surface area contributed by atoms with E-state index in [0.717, 1.165) is 19.3 Å². The van der Waals surface area contributed by atoms with Crippen LogP contribution in [0.5, 0.6) is 0 Å². The van der Waals surface area contributed by atoms with Crippen molar-refractivity contribution in [3.05, 3.63) is 0 Å². The molecule has 2 unspecified atom stereocenters. The van der Waals surface area contributed by atoms with Crippen LogP contribution in [0.1, 0.15) is 26.2 Å². The van der Waals surface area contributed by atoms with Crippen LogP contribution in [0, 0.1) is 5.92 Å². The number of carboxylic acids is 2. The van der Waals surface area contributed by atoms with Gasteiger partial charge in [0.1, 0.15) is 0 Å². The van der Waals surface area contributed by atoms with Gasteiger partial charge in [0.05, 0.1) is 5.92 Å². The van der Waals surface area contributed by atoms with Gasteiger partial charge in [0.25, 0.3) is 0 Å². The molecular formula is C11H19NO5. The summed E-state index contributed by atoms with van der Waals surface area (Å²) in [6.45, 7) is 2.51. The fourth-order valence-electron chi connectivity index (χ4n) is 2.05. The highest BCUT2D eigenvalue weighted by Crippen LogP contribution is 2.22. The zero-order chi connectivity index (χ0) is 13.1. The van der Waals surface area contributed by atoms with Crippen LogP contribution in [-0.4, -0.2) is 57.4 Å². The molecule has 0 saturated carbocycles. The Bertz CT molecular complexity index is 300. The van der Waals surface area contributed by atoms with Gasteiger partial charge in [0, 0.05) is 6.54 Å². The van der Waals surface area contributed by atoms with Gasteiger partial charge in [0.15, 0.2) is 5.60 Å². The molecule has 0 aliphatic carbocycles. The van der Waals surface area contributed by atoms with E-state index >= 15 is 0 Å². The molecular weight excluding hydrogens is 226 g/mol. The molecule has 1 rings (SSSR count). The Morgan fingerprint density at radius 1 is 1.24 bits per heavy atom. The number of carbonyl (C=O) groups is 2. The lowest BCUT2D eigenvalue weighted by molar-refractivity contribution is -0.175. The maximum Gasteiger partial charge on any atom is 0.337 e. The summed E-state index contributed by atoms with van der Waals surface area (Å²) in [6, 6.07) is 0. The second-order valence-electron chi connectivity index (χ2n) is 4.63. The summed E-state index contributed by atoms with van der Waals surface area (Å²) in [4.78, 5) is 23.8. The molecule has 6 nitrogen and oxygen atoms in total. The van der Waals surface area contributed by atoms with E-state index in [0.29, 0.717) is 13.1 Å². The smallest absolute Gasteiger partial charge is 0.337 e. The molecule has 2 atom stereocenters. The molecule has 98 valence electrons. The number of hydrogen-bond acceptors (Lipinski definition) is 4. The highest BCUT2D eigenvalue weighted by atomic mass is 16.4. The zero-order valence-electron chi connectivity index (χ0n) is 9.93. The molecule has 3 N–H and O–H groups in total. The van der Waals surface area contributed by atoms with Crippen molar-refractivity contribution in [2.24, 2.45) is 5.92 Å². The largest absolute Gasteiger partial charge is 0.481 e. The number of nitrogens with zero attached hydrogens (tertiary/aromatic N) is 1. The molecule has 1 aliphatic heterocycles. The predicted octanol–water partition coefficient (Wildman–Crippen LogP) is 0.00870. The first-order chi connectivity index (χ1) is 7.88. The zero-order valence-corrected chi connectivity index (χ0v) is 9.93. The molecule has 1 aliphatic rings. The third kappa shape index (κ3) is 3.17. The Labute approximate surface area is 99.8 Å². The lowest BCUT2D eigenvalue weighted by Crippen LogP contribution is -2.56. The molecule has 0 aromatic heterocycles. The molecule has 1 heterocycles. The van der Waals surface area contributed by atoms with Crippen molar-refractivity contribution in [3.8, 4) is 0 Å². The Morgan fingerprint density at radius 2 is 1.76 bits per heavy atom. The summed E-state index contributed by atoms with van der Waals surface area (Å²) in [5.74, 6) is -4.10. The number of aliphatic hydroxyl groups is 1. The van der Waals surface area contributed by atoms with Gasteiger partial charge in [0.2, 0.25) is 0 Å². The molecule has 17 heavy (non-hydrogen) atoms. The fraction of sp³-hybridized carbons (Fsp3) is 0.818. The number of rotatable bonds is 5. The van der Waals surface area contributed by atoms with E-state index in [9.17, 15) is 14.7 Å². The SMILES string of the molecule is CC(C(=O)O)C(O)(CN1CCCCC1)C(=O)O. The summed E-state index contributed by atoms with van der Waals surface area (Å²) in [6.07, 6.45) is 3.00. The van der Waals surface area contributed by atoms with Crippen molar-refractivity contribution in [3.63, 3.8) is 0 Å². The van der Waals surface area contributed by atoms with Crippen molar-refractivity contribution in [1.29, 1.82) is 0 Å². The number of piperidine rings is 1. The molecule has 0 bridgehead atoms. The van der Waals surface area contributed by atoms with Crippen LogP contribution >= 0.6 is 0 Å². The third-order valence-electron chi connectivity index (χ3n) is 3.37. The quantitative estimate of drug-likeness (QED) is 0.631. The van der Waals surface area contributed by atoms with Gasteiger partial charge in [-0.05, 0) is 32.9 Å². The van der Waals surface area contributed by atoms with Crippen LogP contribution in [0.15, 0.2) is 0 Å². The standard InChI is InChI=1S/C11H19NO5/c1-8(9(13)14)11(17,10(15)16)7-12-5-3-2-4-6-12/h8,17H,2-7H2,1H3,(H,13,14)(H,15,16). The Balaban J connectivity index is 2.76. The number of aliphatic carboxylic acids is 2.